The van der Waals surface area contributed by atoms with Gasteiger partial charge >= 0.3 is 0 Å². The van der Waals surface area contributed by atoms with Crippen LogP contribution in [0.15, 0.2) is 22.9 Å². The molecule has 1 aliphatic rings. The summed E-state index contributed by atoms with van der Waals surface area (Å²) < 4.78 is 5.38. The highest BCUT2D eigenvalue weighted by Crippen LogP contribution is 2.37. The van der Waals surface area contributed by atoms with E-state index in [1.807, 2.05) is 0 Å². The molecule has 0 aliphatic heterocycles. The maximum absolute atomic E-state index is 6.45. The molecule has 2 heterocycles. The molecular formula is C14H17ClN4O. The van der Waals surface area contributed by atoms with Crippen molar-refractivity contribution in [2.24, 2.45) is 11.7 Å². The Bertz CT molecular complexity index is 615. The maximum Gasteiger partial charge on any atom is 0.247 e. The number of hydrogen-bond acceptors (Lipinski definition) is 5. The van der Waals surface area contributed by atoms with Crippen molar-refractivity contribution < 1.29 is 4.52 Å². The number of nitrogens with two attached hydrogens (primary N) is 1. The largest absolute Gasteiger partial charge is 0.337 e. The van der Waals surface area contributed by atoms with E-state index in [1.165, 1.54) is 6.42 Å². The molecule has 0 bridgehead atoms. The van der Waals surface area contributed by atoms with Crippen LogP contribution in [0.1, 0.15) is 38.5 Å². The van der Waals surface area contributed by atoms with E-state index >= 15 is 0 Å². The van der Waals surface area contributed by atoms with Gasteiger partial charge in [0, 0.05) is 6.20 Å². The summed E-state index contributed by atoms with van der Waals surface area (Å²) in [5.41, 5.74) is 6.45. The van der Waals surface area contributed by atoms with E-state index in [4.69, 9.17) is 21.9 Å². The van der Waals surface area contributed by atoms with Gasteiger partial charge in [-0.25, -0.2) is 0 Å². The Labute approximate surface area is 122 Å². The molecule has 5 nitrogen and oxygen atoms in total. The van der Waals surface area contributed by atoms with Crippen molar-refractivity contribution in [3.05, 3.63) is 29.2 Å². The summed E-state index contributed by atoms with van der Waals surface area (Å²) in [6.07, 6.45) is 5.67. The first-order valence-corrected chi connectivity index (χ1v) is 7.20. The smallest absolute Gasteiger partial charge is 0.247 e. The molecular weight excluding hydrogens is 276 g/mol. The van der Waals surface area contributed by atoms with Gasteiger partial charge in [-0.1, -0.05) is 36.5 Å². The number of halogens is 1. The van der Waals surface area contributed by atoms with Gasteiger partial charge in [0.05, 0.1) is 10.6 Å². The molecule has 0 radical (unpaired) electrons. The van der Waals surface area contributed by atoms with Gasteiger partial charge in [0.2, 0.25) is 11.7 Å². The third-order valence-electron chi connectivity index (χ3n) is 3.85. The van der Waals surface area contributed by atoms with E-state index in [-0.39, 0.29) is 0 Å². The van der Waals surface area contributed by atoms with Crippen molar-refractivity contribution in [3.63, 3.8) is 0 Å². The molecule has 0 spiro atoms. The minimum atomic E-state index is -0.524. The number of aromatic nitrogens is 3. The van der Waals surface area contributed by atoms with Crippen molar-refractivity contribution in [1.29, 1.82) is 0 Å². The molecule has 1 aliphatic carbocycles. The summed E-state index contributed by atoms with van der Waals surface area (Å²) in [4.78, 5) is 8.61. The average Bonchev–Trinajstić information content (AvgIpc) is 2.89. The Hall–Kier alpha value is -1.46. The normalized spacial score (nSPS) is 26.6. The van der Waals surface area contributed by atoms with Crippen LogP contribution in [0.25, 0.3) is 11.5 Å². The molecule has 0 aromatic carbocycles. The maximum atomic E-state index is 6.45. The van der Waals surface area contributed by atoms with Gasteiger partial charge in [-0.15, -0.1) is 0 Å². The zero-order valence-corrected chi connectivity index (χ0v) is 12.1. The first-order chi connectivity index (χ1) is 9.58. The fraction of sp³-hybridized carbons (Fsp3) is 0.500. The van der Waals surface area contributed by atoms with Crippen LogP contribution in [0.4, 0.5) is 0 Å². The predicted octanol–water partition coefficient (Wildman–Crippen LogP) is 3.15. The minimum absolute atomic E-state index is 0.397. The van der Waals surface area contributed by atoms with Crippen LogP contribution in [-0.4, -0.2) is 15.1 Å². The second-order valence-corrected chi connectivity index (χ2v) is 6.02. The number of nitrogens with zero attached hydrogens (tertiary/aromatic N) is 3. The van der Waals surface area contributed by atoms with Gasteiger partial charge in [-0.05, 0) is 30.9 Å². The van der Waals surface area contributed by atoms with Gasteiger partial charge in [-0.2, -0.15) is 4.98 Å². The Morgan fingerprint density at radius 3 is 3.10 bits per heavy atom. The molecule has 2 aromatic rings. The average molecular weight is 293 g/mol. The lowest BCUT2D eigenvalue weighted by atomic mass is 9.77. The fourth-order valence-corrected chi connectivity index (χ4v) is 3.06. The van der Waals surface area contributed by atoms with Crippen LogP contribution >= 0.6 is 11.6 Å². The Morgan fingerprint density at radius 1 is 1.50 bits per heavy atom. The highest BCUT2D eigenvalue weighted by molar-refractivity contribution is 6.32. The molecule has 1 fully saturated rings. The lowest BCUT2D eigenvalue weighted by Gasteiger charge is -2.33. The second-order valence-electron chi connectivity index (χ2n) is 5.61. The van der Waals surface area contributed by atoms with Crippen LogP contribution in [0.5, 0.6) is 0 Å². The third-order valence-corrected chi connectivity index (χ3v) is 4.16. The molecule has 6 heteroatoms. The second kappa shape index (κ2) is 5.14. The zero-order valence-electron chi connectivity index (χ0n) is 11.3. The van der Waals surface area contributed by atoms with Crippen LogP contribution < -0.4 is 5.73 Å². The van der Waals surface area contributed by atoms with Gasteiger partial charge in [-0.3, -0.25) is 4.98 Å². The summed E-state index contributed by atoms with van der Waals surface area (Å²) in [6.45, 7) is 2.20. The molecule has 2 N–H and O–H groups in total. The Kier molecular flexibility index (Phi) is 3.48. The molecule has 106 valence electrons. The summed E-state index contributed by atoms with van der Waals surface area (Å²) in [5.74, 6) is 1.46. The van der Waals surface area contributed by atoms with Crippen LogP contribution in [0.2, 0.25) is 5.02 Å². The van der Waals surface area contributed by atoms with E-state index in [2.05, 4.69) is 22.0 Å². The Balaban J connectivity index is 1.92. The standard InChI is InChI=1S/C14H17ClN4O/c1-9-4-2-6-14(16,8-9)13-18-12(19-20-13)11-10(15)5-3-7-17-11/h3,5,7,9H,2,4,6,8,16H2,1H3. The lowest BCUT2D eigenvalue weighted by molar-refractivity contribution is 0.183. The highest BCUT2D eigenvalue weighted by atomic mass is 35.5. The van der Waals surface area contributed by atoms with Gasteiger partial charge < -0.3 is 10.3 Å². The number of pyridine rings is 1. The van der Waals surface area contributed by atoms with Crippen LogP contribution in [0, 0.1) is 5.92 Å². The molecule has 0 amide bonds. The molecule has 1 saturated carbocycles. The van der Waals surface area contributed by atoms with Gasteiger partial charge in [0.1, 0.15) is 5.69 Å². The SMILES string of the molecule is CC1CCCC(N)(c2nc(-c3ncccc3Cl)no2)C1. The predicted molar refractivity (Wildman–Crippen MR) is 76.0 cm³/mol. The van der Waals surface area contributed by atoms with Crippen LogP contribution in [-0.2, 0) is 5.54 Å². The van der Waals surface area contributed by atoms with Gasteiger partial charge in [0.25, 0.3) is 0 Å². The molecule has 2 unspecified atom stereocenters. The summed E-state index contributed by atoms with van der Waals surface area (Å²) >= 11 is 6.10. The van der Waals surface area contributed by atoms with Crippen molar-refractivity contribution in [3.8, 4) is 11.5 Å². The molecule has 2 aromatic heterocycles. The third kappa shape index (κ3) is 2.43. The van der Waals surface area contributed by atoms with Crippen molar-refractivity contribution in [2.45, 2.75) is 38.1 Å². The summed E-state index contributed by atoms with van der Waals surface area (Å²) in [6, 6.07) is 3.51. The summed E-state index contributed by atoms with van der Waals surface area (Å²) in [7, 11) is 0. The van der Waals surface area contributed by atoms with E-state index in [0.717, 1.165) is 19.3 Å². The first-order valence-electron chi connectivity index (χ1n) is 6.82. The van der Waals surface area contributed by atoms with Crippen molar-refractivity contribution in [2.75, 3.05) is 0 Å². The van der Waals surface area contributed by atoms with Crippen LogP contribution in [0.3, 0.4) is 0 Å². The fourth-order valence-electron chi connectivity index (χ4n) is 2.86. The zero-order chi connectivity index (χ0) is 14.2. The van der Waals surface area contributed by atoms with E-state index in [1.54, 1.807) is 18.3 Å². The van der Waals surface area contributed by atoms with Gasteiger partial charge in [0.15, 0.2) is 0 Å². The van der Waals surface area contributed by atoms with E-state index < -0.39 is 5.54 Å². The van der Waals surface area contributed by atoms with E-state index in [9.17, 15) is 0 Å². The minimum Gasteiger partial charge on any atom is -0.337 e. The topological polar surface area (TPSA) is 77.8 Å². The van der Waals surface area contributed by atoms with E-state index in [0.29, 0.717) is 28.3 Å². The number of rotatable bonds is 2. The molecule has 20 heavy (non-hydrogen) atoms. The Morgan fingerprint density at radius 2 is 2.35 bits per heavy atom. The lowest BCUT2D eigenvalue weighted by Crippen LogP contribution is -2.41. The first kappa shape index (κ1) is 13.5. The monoisotopic (exact) mass is 292 g/mol. The quantitative estimate of drug-likeness (QED) is 0.920. The number of hydrogen-bond donors (Lipinski definition) is 1. The highest BCUT2D eigenvalue weighted by Gasteiger charge is 2.38. The molecule has 2 atom stereocenters. The van der Waals surface area contributed by atoms with Crippen molar-refractivity contribution in [1.82, 2.24) is 15.1 Å². The molecule has 0 saturated heterocycles. The van der Waals surface area contributed by atoms with Crippen molar-refractivity contribution >= 4 is 11.6 Å². The molecule has 3 rings (SSSR count). The summed E-state index contributed by atoms with van der Waals surface area (Å²) in [5, 5.41) is 4.48.